The third kappa shape index (κ3) is 63.6. The lowest BCUT2D eigenvalue weighted by molar-refractivity contribution is -0.870. The summed E-state index contributed by atoms with van der Waals surface area (Å²) in [5.41, 5.74) is 0. The molecule has 0 heterocycles. The number of carbonyl (C=O) groups excluding carboxylic acids is 3. The molecule has 0 rings (SSSR count). The van der Waals surface area contributed by atoms with E-state index in [2.05, 4.69) is 111 Å². The average molecular weight is 1130 g/mol. The molecule has 0 aromatic heterocycles. The van der Waals surface area contributed by atoms with Gasteiger partial charge in [-0.05, 0) is 96.3 Å². The van der Waals surface area contributed by atoms with E-state index in [9.17, 15) is 19.5 Å². The number of unbranched alkanes of at least 4 members (excludes halogenated alkanes) is 30. The largest absolute Gasteiger partial charge is 0.545 e. The Bertz CT molecular complexity index is 1650. The molecule has 466 valence electrons. The molecule has 0 spiro atoms. The number of hydrogen-bond acceptors (Lipinski definition) is 8. The standard InChI is InChI=1S/C72H125NO8/c1-6-8-10-12-14-16-18-20-22-24-26-28-30-32-34-35-37-39-41-43-45-47-49-51-53-55-57-59-61-63-70(75)81-68(67-80-72(71(76)77)78-65-64-73(3,4)5)66-79-69(74)62-60-58-56-54-52-50-48-46-44-42-40-38-36-33-31-29-27-25-23-21-19-17-15-13-11-9-7-2/h8,10,14,16,19-22,25-28,31-34,68,72H,6-7,9,11-13,15,17-18,23-24,29-30,35-67H2,1-5H3/b10-8-,16-14-,21-19-,22-20-,27-25-,28-26-,33-31-,34-32-. The highest BCUT2D eigenvalue weighted by Crippen LogP contribution is 2.17. The van der Waals surface area contributed by atoms with Gasteiger partial charge in [-0.1, -0.05) is 272 Å². The van der Waals surface area contributed by atoms with E-state index < -0.39 is 24.3 Å². The summed E-state index contributed by atoms with van der Waals surface area (Å²) in [5.74, 6) is -2.28. The molecular formula is C72H125NO8. The van der Waals surface area contributed by atoms with E-state index >= 15 is 0 Å². The third-order valence-electron chi connectivity index (χ3n) is 14.3. The Morgan fingerprint density at radius 3 is 1.05 bits per heavy atom. The molecular weight excluding hydrogens is 1010 g/mol. The van der Waals surface area contributed by atoms with Gasteiger partial charge in [0.05, 0.1) is 40.3 Å². The summed E-state index contributed by atoms with van der Waals surface area (Å²) in [6, 6.07) is 0. The summed E-state index contributed by atoms with van der Waals surface area (Å²) < 4.78 is 22.8. The topological polar surface area (TPSA) is 111 Å². The van der Waals surface area contributed by atoms with Crippen LogP contribution in [0.4, 0.5) is 0 Å². The van der Waals surface area contributed by atoms with Crippen molar-refractivity contribution < 1.29 is 42.9 Å². The van der Waals surface area contributed by atoms with Gasteiger partial charge in [0.2, 0.25) is 0 Å². The Morgan fingerprint density at radius 2 is 0.704 bits per heavy atom. The molecule has 0 aromatic carbocycles. The van der Waals surface area contributed by atoms with Crippen LogP contribution in [-0.2, 0) is 33.3 Å². The van der Waals surface area contributed by atoms with Crippen molar-refractivity contribution in [2.75, 3.05) is 47.5 Å². The number of nitrogens with zero attached hydrogens (tertiary/aromatic N) is 1. The van der Waals surface area contributed by atoms with Crippen LogP contribution in [0.1, 0.15) is 284 Å². The van der Waals surface area contributed by atoms with Crippen molar-refractivity contribution in [3.63, 3.8) is 0 Å². The number of quaternary nitrogens is 1. The van der Waals surface area contributed by atoms with Crippen molar-refractivity contribution in [2.45, 2.75) is 296 Å². The lowest BCUT2D eigenvalue weighted by Gasteiger charge is -2.26. The van der Waals surface area contributed by atoms with Gasteiger partial charge >= 0.3 is 11.9 Å². The first kappa shape index (κ1) is 77.2. The predicted octanol–water partition coefficient (Wildman–Crippen LogP) is 19.1. The molecule has 9 heteroatoms. The van der Waals surface area contributed by atoms with Crippen LogP contribution in [-0.4, -0.2) is 82.3 Å². The number of likely N-dealkylation sites (N-methyl/N-ethyl adjacent to an activating group) is 1. The van der Waals surface area contributed by atoms with E-state index in [1.54, 1.807) is 0 Å². The van der Waals surface area contributed by atoms with Crippen molar-refractivity contribution in [3.8, 4) is 0 Å². The predicted molar refractivity (Wildman–Crippen MR) is 343 cm³/mol. The van der Waals surface area contributed by atoms with Gasteiger partial charge in [-0.3, -0.25) is 9.59 Å². The van der Waals surface area contributed by atoms with Crippen LogP contribution in [0.15, 0.2) is 97.2 Å². The van der Waals surface area contributed by atoms with Crippen molar-refractivity contribution in [2.24, 2.45) is 0 Å². The van der Waals surface area contributed by atoms with Crippen LogP contribution >= 0.6 is 0 Å². The number of hydrogen-bond donors (Lipinski definition) is 0. The van der Waals surface area contributed by atoms with E-state index in [1.165, 1.54) is 167 Å². The molecule has 0 fully saturated rings. The molecule has 0 aliphatic heterocycles. The van der Waals surface area contributed by atoms with Crippen molar-refractivity contribution in [1.29, 1.82) is 0 Å². The van der Waals surface area contributed by atoms with E-state index in [0.29, 0.717) is 17.4 Å². The van der Waals surface area contributed by atoms with E-state index in [0.717, 1.165) is 83.5 Å². The van der Waals surface area contributed by atoms with Crippen LogP contribution in [0.2, 0.25) is 0 Å². The molecule has 0 radical (unpaired) electrons. The summed E-state index contributed by atoms with van der Waals surface area (Å²) in [6.45, 7) is 4.64. The molecule has 2 atom stereocenters. The number of esters is 2. The number of carboxylic acids is 1. The average Bonchev–Trinajstić information content (AvgIpc) is 3.44. The van der Waals surface area contributed by atoms with Gasteiger partial charge in [0.15, 0.2) is 12.4 Å². The maximum absolute atomic E-state index is 12.9. The highest BCUT2D eigenvalue weighted by atomic mass is 16.7. The lowest BCUT2D eigenvalue weighted by atomic mass is 10.0. The summed E-state index contributed by atoms with van der Waals surface area (Å²) >= 11 is 0. The number of carbonyl (C=O) groups is 3. The van der Waals surface area contributed by atoms with E-state index in [1.807, 2.05) is 21.1 Å². The minimum absolute atomic E-state index is 0.144. The van der Waals surface area contributed by atoms with Gasteiger partial charge in [0.1, 0.15) is 13.2 Å². The van der Waals surface area contributed by atoms with Gasteiger partial charge < -0.3 is 33.3 Å². The normalized spacial score (nSPS) is 13.3. The van der Waals surface area contributed by atoms with Gasteiger partial charge in [0.25, 0.3) is 0 Å². The fourth-order valence-electron chi connectivity index (χ4n) is 9.22. The summed E-state index contributed by atoms with van der Waals surface area (Å²) in [6.07, 6.45) is 81.8. The molecule has 0 saturated heterocycles. The second kappa shape index (κ2) is 62.3. The highest BCUT2D eigenvalue weighted by molar-refractivity contribution is 5.70. The molecule has 0 amide bonds. The molecule has 0 saturated carbocycles. The first-order valence-corrected chi connectivity index (χ1v) is 33.4. The molecule has 0 aliphatic rings. The van der Waals surface area contributed by atoms with Gasteiger partial charge in [-0.25, -0.2) is 0 Å². The number of carboxylic acid groups (broad SMARTS) is 1. The summed E-state index contributed by atoms with van der Waals surface area (Å²) in [4.78, 5) is 37.5. The molecule has 81 heavy (non-hydrogen) atoms. The maximum atomic E-state index is 12.9. The minimum Gasteiger partial charge on any atom is -0.545 e. The van der Waals surface area contributed by atoms with Crippen molar-refractivity contribution in [1.82, 2.24) is 0 Å². The number of allylic oxidation sites excluding steroid dienone is 16. The zero-order valence-electron chi connectivity index (χ0n) is 53.1. The van der Waals surface area contributed by atoms with E-state index in [-0.39, 0.29) is 38.6 Å². The fourth-order valence-corrected chi connectivity index (χ4v) is 9.22. The summed E-state index contributed by atoms with van der Waals surface area (Å²) in [5, 5.41) is 11.8. The van der Waals surface area contributed by atoms with Crippen LogP contribution in [0.3, 0.4) is 0 Å². The molecule has 0 aromatic rings. The number of rotatable bonds is 61. The number of aliphatic carboxylic acids is 1. The molecule has 2 unspecified atom stereocenters. The fraction of sp³-hybridized carbons (Fsp3) is 0.736. The summed E-state index contributed by atoms with van der Waals surface area (Å²) in [7, 11) is 5.93. The first-order valence-electron chi connectivity index (χ1n) is 33.4. The van der Waals surface area contributed by atoms with E-state index in [4.69, 9.17) is 18.9 Å². The Labute approximate surface area is 499 Å². The quantitative estimate of drug-likeness (QED) is 0.0195. The SMILES string of the molecule is CC/C=C\C/C=C\C/C=C\C/C=C\C/C=C\CCCCCCCCCCCCCCCC(=O)OC(COC(=O)CCCCCCCCCCCCCC/C=C\C/C=C\C/C=C\CCCCCCC)COC(OCC[N+](C)(C)C)C(=O)[O-]. The van der Waals surface area contributed by atoms with Crippen LogP contribution in [0.5, 0.6) is 0 Å². The Balaban J connectivity index is 4.17. The van der Waals surface area contributed by atoms with Crippen LogP contribution < -0.4 is 5.11 Å². The molecule has 0 aliphatic carbocycles. The Morgan fingerprint density at radius 1 is 0.383 bits per heavy atom. The smallest absolute Gasteiger partial charge is 0.306 e. The third-order valence-corrected chi connectivity index (χ3v) is 14.3. The van der Waals surface area contributed by atoms with Gasteiger partial charge in [0, 0.05) is 12.8 Å². The molecule has 9 nitrogen and oxygen atoms in total. The highest BCUT2D eigenvalue weighted by Gasteiger charge is 2.22. The second-order valence-corrected chi connectivity index (χ2v) is 23.4. The Hall–Kier alpha value is -3.79. The van der Waals surface area contributed by atoms with Gasteiger partial charge in [-0.2, -0.15) is 0 Å². The van der Waals surface area contributed by atoms with Crippen LogP contribution in [0.25, 0.3) is 0 Å². The van der Waals surface area contributed by atoms with Crippen molar-refractivity contribution >= 4 is 17.9 Å². The zero-order valence-corrected chi connectivity index (χ0v) is 53.1. The van der Waals surface area contributed by atoms with Crippen LogP contribution in [0, 0.1) is 0 Å². The first-order chi connectivity index (χ1) is 39.6. The van der Waals surface area contributed by atoms with Crippen molar-refractivity contribution in [3.05, 3.63) is 97.2 Å². The maximum Gasteiger partial charge on any atom is 0.306 e. The van der Waals surface area contributed by atoms with Gasteiger partial charge in [-0.15, -0.1) is 0 Å². The molecule has 0 bridgehead atoms. The zero-order chi connectivity index (χ0) is 59.1. The minimum atomic E-state index is -1.63. The number of ether oxygens (including phenoxy) is 4. The second-order valence-electron chi connectivity index (χ2n) is 23.4. The monoisotopic (exact) mass is 1130 g/mol. The lowest BCUT2D eigenvalue weighted by Crippen LogP contribution is -2.44. The molecule has 0 N–H and O–H groups in total. The Kier molecular flexibility index (Phi) is 59.3.